The highest BCUT2D eigenvalue weighted by Crippen LogP contribution is 2.46. The van der Waals surface area contributed by atoms with Gasteiger partial charge in [-0.05, 0) is 33.4 Å². The molecule has 33 heavy (non-hydrogen) atoms. The third kappa shape index (κ3) is 4.95. The van der Waals surface area contributed by atoms with Gasteiger partial charge >= 0.3 is 0 Å². The summed E-state index contributed by atoms with van der Waals surface area (Å²) < 4.78 is 6.76. The van der Waals surface area contributed by atoms with Crippen molar-refractivity contribution in [2.24, 2.45) is 0 Å². The van der Waals surface area contributed by atoms with Gasteiger partial charge in [0.15, 0.2) is 0 Å². The van der Waals surface area contributed by atoms with Crippen LogP contribution in [-0.2, 0) is 4.74 Å². The lowest BCUT2D eigenvalue weighted by Gasteiger charge is -2.17. The summed E-state index contributed by atoms with van der Waals surface area (Å²) in [4.78, 5) is 0. The average molecular weight is 427 g/mol. The Labute approximate surface area is 196 Å². The summed E-state index contributed by atoms with van der Waals surface area (Å²) in [5, 5.41) is 0. The second kappa shape index (κ2) is 10.1. The molecule has 5 rings (SSSR count). The number of rotatable bonds is 6. The summed E-state index contributed by atoms with van der Waals surface area (Å²) in [7, 11) is 0. The Bertz CT molecular complexity index is 1150. The van der Waals surface area contributed by atoms with E-state index in [1.54, 1.807) is 0 Å². The summed E-state index contributed by atoms with van der Waals surface area (Å²) in [5.41, 5.74) is 7.04. The van der Waals surface area contributed by atoms with Crippen LogP contribution >= 0.6 is 0 Å². The number of hydrogen-bond donors (Lipinski definition) is 0. The molecule has 1 heteroatoms. The van der Waals surface area contributed by atoms with Crippen molar-refractivity contribution in [3.63, 3.8) is 0 Å². The standard InChI is InChI=1S/C32H26O/c1-5-13-25(14-6-1)21-23-29-30(24-22-26-15-7-2-8-16-26)32(28-19-11-4-12-20-28)33-31(29)27-17-9-3-10-18-27/h1-24,31-32H/b23-21+,24-22+. The highest BCUT2D eigenvalue weighted by molar-refractivity contribution is 5.62. The predicted octanol–water partition coefficient (Wildman–Crippen LogP) is 8.22. The molecule has 0 bridgehead atoms. The second-order valence-corrected chi connectivity index (χ2v) is 8.12. The van der Waals surface area contributed by atoms with Crippen molar-refractivity contribution in [3.05, 3.63) is 167 Å². The molecule has 0 amide bonds. The predicted molar refractivity (Wildman–Crippen MR) is 137 cm³/mol. The van der Waals surface area contributed by atoms with Crippen molar-refractivity contribution >= 4 is 12.2 Å². The molecule has 0 aromatic heterocycles. The van der Waals surface area contributed by atoms with E-state index in [1.807, 2.05) is 24.3 Å². The fraction of sp³-hybridized carbons (Fsp3) is 0.0625. The van der Waals surface area contributed by atoms with E-state index in [2.05, 4.69) is 121 Å². The molecule has 160 valence electrons. The molecule has 0 spiro atoms. The summed E-state index contributed by atoms with van der Waals surface area (Å²) in [6.45, 7) is 0. The summed E-state index contributed by atoms with van der Waals surface area (Å²) in [6, 6.07) is 41.8. The highest BCUT2D eigenvalue weighted by atomic mass is 16.5. The first-order valence-corrected chi connectivity index (χ1v) is 11.3. The second-order valence-electron chi connectivity index (χ2n) is 8.12. The van der Waals surface area contributed by atoms with Gasteiger partial charge in [0.2, 0.25) is 0 Å². The van der Waals surface area contributed by atoms with E-state index in [4.69, 9.17) is 4.74 Å². The van der Waals surface area contributed by atoms with Gasteiger partial charge in [0.1, 0.15) is 12.2 Å². The highest BCUT2D eigenvalue weighted by Gasteiger charge is 2.33. The van der Waals surface area contributed by atoms with Crippen LogP contribution in [0.2, 0.25) is 0 Å². The molecule has 1 nitrogen and oxygen atoms in total. The lowest BCUT2D eigenvalue weighted by atomic mass is 9.93. The molecule has 1 aliphatic rings. The van der Waals surface area contributed by atoms with Gasteiger partial charge in [0.25, 0.3) is 0 Å². The van der Waals surface area contributed by atoms with Crippen LogP contribution in [0.15, 0.2) is 145 Å². The molecule has 0 saturated heterocycles. The van der Waals surface area contributed by atoms with Crippen LogP contribution in [0.5, 0.6) is 0 Å². The van der Waals surface area contributed by atoms with Crippen LogP contribution in [0.4, 0.5) is 0 Å². The molecule has 2 atom stereocenters. The topological polar surface area (TPSA) is 9.23 Å². The first-order chi connectivity index (χ1) is 16.4. The van der Waals surface area contributed by atoms with E-state index < -0.39 is 0 Å². The van der Waals surface area contributed by atoms with Gasteiger partial charge in [-0.2, -0.15) is 0 Å². The van der Waals surface area contributed by atoms with E-state index >= 15 is 0 Å². The third-order valence-electron chi connectivity index (χ3n) is 5.88. The Hall–Kier alpha value is -3.94. The SMILES string of the molecule is C(=C\c1ccccc1)/C1=C(/C=C/c2ccccc2)C(c2ccccc2)OC1c1ccccc1. The van der Waals surface area contributed by atoms with E-state index in [1.165, 1.54) is 22.3 Å². The fourth-order valence-electron chi connectivity index (χ4n) is 4.22. The molecular weight excluding hydrogens is 400 g/mol. The Kier molecular flexibility index (Phi) is 6.42. The zero-order chi connectivity index (χ0) is 22.3. The van der Waals surface area contributed by atoms with E-state index in [-0.39, 0.29) is 12.2 Å². The van der Waals surface area contributed by atoms with Gasteiger partial charge in [-0.1, -0.05) is 146 Å². The van der Waals surface area contributed by atoms with Crippen molar-refractivity contribution in [1.82, 2.24) is 0 Å². The molecule has 1 heterocycles. The summed E-state index contributed by atoms with van der Waals surface area (Å²) in [5.74, 6) is 0. The largest absolute Gasteiger partial charge is 0.356 e. The first kappa shape index (κ1) is 20.9. The number of benzene rings is 4. The molecular formula is C32H26O. The molecule has 2 unspecified atom stereocenters. The van der Waals surface area contributed by atoms with Crippen LogP contribution in [0.25, 0.3) is 12.2 Å². The van der Waals surface area contributed by atoms with Gasteiger partial charge in [0, 0.05) is 0 Å². The summed E-state index contributed by atoms with van der Waals surface area (Å²) >= 11 is 0. The van der Waals surface area contributed by atoms with Gasteiger partial charge in [-0.15, -0.1) is 0 Å². The van der Waals surface area contributed by atoms with E-state index in [9.17, 15) is 0 Å². The zero-order valence-electron chi connectivity index (χ0n) is 18.4. The van der Waals surface area contributed by atoms with Gasteiger partial charge in [-0.3, -0.25) is 0 Å². The van der Waals surface area contributed by atoms with Crippen LogP contribution in [0, 0.1) is 0 Å². The maximum absolute atomic E-state index is 6.76. The molecule has 0 N–H and O–H groups in total. The van der Waals surface area contributed by atoms with Crippen molar-refractivity contribution in [2.75, 3.05) is 0 Å². The average Bonchev–Trinajstić information content (AvgIpc) is 3.27. The normalized spacial score (nSPS) is 18.4. The molecule has 1 aliphatic heterocycles. The quantitative estimate of drug-likeness (QED) is 0.302. The fourth-order valence-corrected chi connectivity index (χ4v) is 4.22. The molecule has 0 fully saturated rings. The minimum Gasteiger partial charge on any atom is -0.356 e. The number of ether oxygens (including phenoxy) is 1. The van der Waals surface area contributed by atoms with E-state index in [0.717, 1.165) is 11.1 Å². The van der Waals surface area contributed by atoms with Crippen LogP contribution < -0.4 is 0 Å². The molecule has 0 aliphatic carbocycles. The third-order valence-corrected chi connectivity index (χ3v) is 5.88. The molecule has 4 aromatic rings. The maximum atomic E-state index is 6.76. The van der Waals surface area contributed by atoms with E-state index in [0.29, 0.717) is 0 Å². The molecule has 0 saturated carbocycles. The van der Waals surface area contributed by atoms with Crippen molar-refractivity contribution in [1.29, 1.82) is 0 Å². The zero-order valence-corrected chi connectivity index (χ0v) is 18.4. The van der Waals surface area contributed by atoms with Crippen LogP contribution in [-0.4, -0.2) is 0 Å². The monoisotopic (exact) mass is 426 g/mol. The van der Waals surface area contributed by atoms with Crippen LogP contribution in [0.3, 0.4) is 0 Å². The summed E-state index contributed by atoms with van der Waals surface area (Å²) in [6.07, 6.45) is 8.54. The minimum atomic E-state index is -0.133. The van der Waals surface area contributed by atoms with Gasteiger partial charge in [-0.25, -0.2) is 0 Å². The van der Waals surface area contributed by atoms with Crippen LogP contribution in [0.1, 0.15) is 34.5 Å². The lowest BCUT2D eigenvalue weighted by Crippen LogP contribution is -2.03. The Morgan fingerprint density at radius 3 is 1.09 bits per heavy atom. The van der Waals surface area contributed by atoms with Gasteiger partial charge < -0.3 is 4.74 Å². The van der Waals surface area contributed by atoms with Crippen molar-refractivity contribution in [3.8, 4) is 0 Å². The first-order valence-electron chi connectivity index (χ1n) is 11.3. The molecule has 4 aromatic carbocycles. The lowest BCUT2D eigenvalue weighted by molar-refractivity contribution is 0.0542. The van der Waals surface area contributed by atoms with Gasteiger partial charge in [0.05, 0.1) is 0 Å². The maximum Gasteiger partial charge on any atom is 0.109 e. The Morgan fingerprint density at radius 2 is 0.727 bits per heavy atom. The Balaban J connectivity index is 1.64. The van der Waals surface area contributed by atoms with Crippen molar-refractivity contribution < 1.29 is 4.74 Å². The minimum absolute atomic E-state index is 0.133. The smallest absolute Gasteiger partial charge is 0.109 e. The van der Waals surface area contributed by atoms with Crippen molar-refractivity contribution in [2.45, 2.75) is 12.2 Å². The number of hydrogen-bond acceptors (Lipinski definition) is 1. The Morgan fingerprint density at radius 1 is 0.394 bits per heavy atom. The molecule has 0 radical (unpaired) electrons.